The molecule has 0 atom stereocenters. The van der Waals surface area contributed by atoms with E-state index in [1.807, 2.05) is 67.4 Å². The van der Waals surface area contributed by atoms with E-state index in [-0.39, 0.29) is 11.8 Å². The first-order valence-electron chi connectivity index (χ1n) is 12.7. The summed E-state index contributed by atoms with van der Waals surface area (Å²) in [5, 5.41) is 7.42. The molecule has 1 fully saturated rings. The van der Waals surface area contributed by atoms with Crippen LogP contribution in [0.1, 0.15) is 32.9 Å². The highest BCUT2D eigenvalue weighted by Gasteiger charge is 2.28. The number of carbonyl (C=O) groups excluding carboxylic acids is 2. The fourth-order valence-electron chi connectivity index (χ4n) is 5.15. The van der Waals surface area contributed by atoms with Gasteiger partial charge in [-0.25, -0.2) is 9.67 Å². The average molecular weight is 508 g/mol. The van der Waals surface area contributed by atoms with Crippen molar-refractivity contribution in [2.24, 2.45) is 0 Å². The van der Waals surface area contributed by atoms with Gasteiger partial charge in [-0.05, 0) is 62.4 Å². The Balaban J connectivity index is 1.32. The van der Waals surface area contributed by atoms with Crippen LogP contribution in [0.25, 0.3) is 28.6 Å². The van der Waals surface area contributed by atoms with Crippen molar-refractivity contribution in [1.29, 1.82) is 0 Å². The Morgan fingerprint density at radius 1 is 1.05 bits per heavy atom. The number of likely N-dealkylation sites (N-methyl/N-ethyl adjacent to an activating group) is 1. The van der Waals surface area contributed by atoms with E-state index in [1.54, 1.807) is 17.1 Å². The molecule has 38 heavy (non-hydrogen) atoms. The number of carbonyl (C=O) groups is 2. The largest absolute Gasteiger partial charge is 0.358 e. The van der Waals surface area contributed by atoms with Crippen LogP contribution in [-0.4, -0.2) is 74.6 Å². The molecule has 3 aromatic heterocycles. The van der Waals surface area contributed by atoms with E-state index in [0.29, 0.717) is 24.2 Å². The highest BCUT2D eigenvalue weighted by Crippen LogP contribution is 2.37. The van der Waals surface area contributed by atoms with Crippen LogP contribution in [-0.2, 0) is 4.79 Å². The number of benzene rings is 1. The molecule has 192 valence electrons. The molecule has 4 aromatic rings. The minimum Gasteiger partial charge on any atom is -0.358 e. The SMILES string of the molecule is Cc1[nH]c(/C=C2\C(=O)Nc3ccc(-c4cnn(-c5ccccn5)c4)cc32)c(C)c1C(=O)N1CCN(C)CC1. The molecule has 0 bridgehead atoms. The minimum atomic E-state index is -0.167. The lowest BCUT2D eigenvalue weighted by molar-refractivity contribution is -0.110. The molecule has 0 unspecified atom stereocenters. The Labute approximate surface area is 220 Å². The predicted octanol–water partition coefficient (Wildman–Crippen LogP) is 3.76. The zero-order valence-corrected chi connectivity index (χ0v) is 21.7. The second kappa shape index (κ2) is 9.42. The van der Waals surface area contributed by atoms with Crippen molar-refractivity contribution in [2.75, 3.05) is 38.5 Å². The molecule has 0 radical (unpaired) electrons. The van der Waals surface area contributed by atoms with Crippen LogP contribution in [0.2, 0.25) is 0 Å². The molecular formula is C29H29N7O2. The van der Waals surface area contributed by atoms with Crippen LogP contribution in [0.4, 0.5) is 5.69 Å². The van der Waals surface area contributed by atoms with Crippen molar-refractivity contribution in [2.45, 2.75) is 13.8 Å². The summed E-state index contributed by atoms with van der Waals surface area (Å²) >= 11 is 0. The van der Waals surface area contributed by atoms with Crippen LogP contribution in [0.3, 0.4) is 0 Å². The number of pyridine rings is 1. The topological polar surface area (TPSA) is 99.1 Å². The summed E-state index contributed by atoms with van der Waals surface area (Å²) in [6.07, 6.45) is 7.30. The number of nitrogens with zero attached hydrogens (tertiary/aromatic N) is 5. The highest BCUT2D eigenvalue weighted by molar-refractivity contribution is 6.35. The molecule has 9 nitrogen and oxygen atoms in total. The van der Waals surface area contributed by atoms with Gasteiger partial charge in [-0.1, -0.05) is 12.1 Å². The number of H-pyrrole nitrogens is 1. The van der Waals surface area contributed by atoms with Crippen molar-refractivity contribution in [1.82, 2.24) is 29.5 Å². The van der Waals surface area contributed by atoms with Crippen molar-refractivity contribution in [3.63, 3.8) is 0 Å². The molecule has 2 aliphatic rings. The second-order valence-corrected chi connectivity index (χ2v) is 9.89. The molecule has 1 saturated heterocycles. The van der Waals surface area contributed by atoms with E-state index in [2.05, 4.69) is 32.3 Å². The maximum absolute atomic E-state index is 13.3. The molecule has 2 aliphatic heterocycles. The number of rotatable bonds is 4. The Hall–Kier alpha value is -4.50. The Bertz CT molecular complexity index is 1570. The molecule has 0 saturated carbocycles. The van der Waals surface area contributed by atoms with Gasteiger partial charge in [-0.3, -0.25) is 9.59 Å². The molecular weight excluding hydrogens is 478 g/mol. The summed E-state index contributed by atoms with van der Waals surface area (Å²) in [5.41, 5.74) is 7.13. The first-order chi connectivity index (χ1) is 18.4. The van der Waals surface area contributed by atoms with Gasteiger partial charge in [0.25, 0.3) is 11.8 Å². The standard InChI is InChI=1S/C29H29N7O2/c1-18-25(32-19(2)27(18)29(38)35-12-10-34(3)11-13-35)15-23-22-14-20(7-8-24(22)33-28(23)37)21-16-31-36(17-21)26-6-4-5-9-30-26/h4-9,14-17,32H,10-13H2,1-3H3,(H,33,37)/b23-15-. The van der Waals surface area contributed by atoms with Gasteiger partial charge in [0.15, 0.2) is 5.82 Å². The average Bonchev–Trinajstić information content (AvgIpc) is 3.61. The number of aromatic nitrogens is 4. The van der Waals surface area contributed by atoms with Crippen LogP contribution in [0, 0.1) is 13.8 Å². The lowest BCUT2D eigenvalue weighted by atomic mass is 9.99. The first kappa shape index (κ1) is 23.9. The summed E-state index contributed by atoms with van der Waals surface area (Å²) in [6.45, 7) is 7.01. The Kier molecular flexibility index (Phi) is 5.92. The molecule has 0 spiro atoms. The second-order valence-electron chi connectivity index (χ2n) is 9.89. The zero-order valence-electron chi connectivity index (χ0n) is 21.7. The molecule has 6 rings (SSSR count). The van der Waals surface area contributed by atoms with Crippen LogP contribution in [0.5, 0.6) is 0 Å². The summed E-state index contributed by atoms with van der Waals surface area (Å²) in [5.74, 6) is 0.606. The fraction of sp³-hybridized carbons (Fsp3) is 0.241. The fourth-order valence-corrected chi connectivity index (χ4v) is 5.15. The number of anilines is 1. The van der Waals surface area contributed by atoms with E-state index < -0.39 is 0 Å². The summed E-state index contributed by atoms with van der Waals surface area (Å²) in [6, 6.07) is 11.6. The number of hydrogen-bond acceptors (Lipinski definition) is 5. The van der Waals surface area contributed by atoms with Crippen molar-refractivity contribution < 1.29 is 9.59 Å². The lowest BCUT2D eigenvalue weighted by Crippen LogP contribution is -2.47. The third-order valence-corrected chi connectivity index (χ3v) is 7.37. The van der Waals surface area contributed by atoms with Gasteiger partial charge in [-0.2, -0.15) is 5.10 Å². The molecule has 0 aliphatic carbocycles. The third kappa shape index (κ3) is 4.20. The van der Waals surface area contributed by atoms with Crippen molar-refractivity contribution in [3.05, 3.63) is 83.1 Å². The predicted molar refractivity (Wildman–Crippen MR) is 147 cm³/mol. The number of hydrogen-bond donors (Lipinski definition) is 2. The van der Waals surface area contributed by atoms with Crippen molar-refractivity contribution >= 4 is 29.2 Å². The van der Waals surface area contributed by atoms with E-state index in [9.17, 15) is 9.59 Å². The number of nitrogens with one attached hydrogen (secondary N) is 2. The van der Waals surface area contributed by atoms with E-state index in [0.717, 1.165) is 58.2 Å². The summed E-state index contributed by atoms with van der Waals surface area (Å²) in [4.78, 5) is 38.2. The smallest absolute Gasteiger partial charge is 0.256 e. The quantitative estimate of drug-likeness (QED) is 0.410. The molecule has 2 N–H and O–H groups in total. The summed E-state index contributed by atoms with van der Waals surface area (Å²) < 4.78 is 1.73. The van der Waals surface area contributed by atoms with Crippen molar-refractivity contribution in [3.8, 4) is 16.9 Å². The Morgan fingerprint density at radius 2 is 1.87 bits per heavy atom. The van der Waals surface area contributed by atoms with Gasteiger partial charge >= 0.3 is 0 Å². The maximum Gasteiger partial charge on any atom is 0.256 e. The van der Waals surface area contributed by atoms with E-state index in [4.69, 9.17) is 0 Å². The van der Waals surface area contributed by atoms with Crippen LogP contribution in [0.15, 0.2) is 55.0 Å². The van der Waals surface area contributed by atoms with Crippen LogP contribution < -0.4 is 5.32 Å². The molecule has 2 amide bonds. The molecule has 9 heteroatoms. The minimum absolute atomic E-state index is 0.0393. The molecule has 5 heterocycles. The van der Waals surface area contributed by atoms with E-state index >= 15 is 0 Å². The number of piperazine rings is 1. The van der Waals surface area contributed by atoms with Gasteiger partial charge in [-0.15, -0.1) is 0 Å². The summed E-state index contributed by atoms with van der Waals surface area (Å²) in [7, 11) is 2.07. The van der Waals surface area contributed by atoms with Crippen LogP contribution >= 0.6 is 0 Å². The third-order valence-electron chi connectivity index (χ3n) is 7.37. The normalized spacial score (nSPS) is 16.7. The first-order valence-corrected chi connectivity index (χ1v) is 12.7. The lowest BCUT2D eigenvalue weighted by Gasteiger charge is -2.32. The zero-order chi connectivity index (χ0) is 26.4. The van der Waals surface area contributed by atoms with Gasteiger partial charge in [0.1, 0.15) is 0 Å². The number of fused-ring (bicyclic) bond motifs is 1. The van der Waals surface area contributed by atoms with Gasteiger partial charge < -0.3 is 20.1 Å². The highest BCUT2D eigenvalue weighted by atomic mass is 16.2. The Morgan fingerprint density at radius 3 is 2.63 bits per heavy atom. The van der Waals surface area contributed by atoms with Gasteiger partial charge in [0, 0.05) is 66.8 Å². The number of aromatic amines is 1. The molecule has 1 aromatic carbocycles. The van der Waals surface area contributed by atoms with Gasteiger partial charge in [0.05, 0.1) is 17.3 Å². The maximum atomic E-state index is 13.3. The number of amides is 2. The van der Waals surface area contributed by atoms with Gasteiger partial charge in [0.2, 0.25) is 0 Å². The monoisotopic (exact) mass is 507 g/mol. The number of aryl methyl sites for hydroxylation is 1. The van der Waals surface area contributed by atoms with E-state index in [1.165, 1.54) is 0 Å².